The first-order valence-corrected chi connectivity index (χ1v) is 6.54. The normalized spacial score (nSPS) is 21.3. The summed E-state index contributed by atoms with van der Waals surface area (Å²) < 4.78 is 28.5. The van der Waals surface area contributed by atoms with Crippen LogP contribution in [0.5, 0.6) is 5.75 Å². The Morgan fingerprint density at radius 3 is 2.71 bits per heavy atom. The Morgan fingerprint density at radius 1 is 1.33 bits per heavy atom. The van der Waals surface area contributed by atoms with Crippen LogP contribution in [-0.2, 0) is 4.79 Å². The van der Waals surface area contributed by atoms with Gasteiger partial charge in [-0.15, -0.1) is 0 Å². The Bertz CT molecular complexity index is 535. The molecule has 0 radical (unpaired) electrons. The highest BCUT2D eigenvalue weighted by Crippen LogP contribution is 2.26. The number of carbonyl (C=O) groups is 2. The van der Waals surface area contributed by atoms with Crippen LogP contribution in [0.3, 0.4) is 0 Å². The number of hydrogen-bond donors (Lipinski definition) is 2. The van der Waals surface area contributed by atoms with Crippen molar-refractivity contribution < 1.29 is 28.2 Å². The second-order valence-corrected chi connectivity index (χ2v) is 4.92. The number of aliphatic carboxylic acids is 1. The minimum atomic E-state index is -2.95. The second-order valence-electron chi connectivity index (χ2n) is 4.92. The first-order valence-electron chi connectivity index (χ1n) is 6.54. The molecular formula is C14H15F2NO4. The molecule has 114 valence electrons. The maximum absolute atomic E-state index is 12.1. The summed E-state index contributed by atoms with van der Waals surface area (Å²) in [6, 6.07) is 5.28. The van der Waals surface area contributed by atoms with Gasteiger partial charge in [0.25, 0.3) is 5.91 Å². The zero-order chi connectivity index (χ0) is 15.4. The molecule has 2 atom stereocenters. The number of halogens is 2. The van der Waals surface area contributed by atoms with E-state index < -0.39 is 24.4 Å². The van der Waals surface area contributed by atoms with Crippen LogP contribution in [0, 0.1) is 5.92 Å². The van der Waals surface area contributed by atoms with Crippen LogP contribution >= 0.6 is 0 Å². The van der Waals surface area contributed by atoms with Crippen LogP contribution in [0.4, 0.5) is 8.78 Å². The van der Waals surface area contributed by atoms with E-state index in [-0.39, 0.29) is 17.4 Å². The molecule has 0 heterocycles. The number of benzene rings is 1. The van der Waals surface area contributed by atoms with Crippen LogP contribution in [0.1, 0.15) is 29.6 Å². The van der Waals surface area contributed by atoms with Gasteiger partial charge in [0.1, 0.15) is 5.75 Å². The molecule has 0 saturated heterocycles. The van der Waals surface area contributed by atoms with E-state index in [9.17, 15) is 18.4 Å². The summed E-state index contributed by atoms with van der Waals surface area (Å²) in [5.41, 5.74) is 0.201. The molecule has 0 aromatic heterocycles. The lowest BCUT2D eigenvalue weighted by atomic mass is 10.1. The van der Waals surface area contributed by atoms with Crippen LogP contribution < -0.4 is 10.1 Å². The van der Waals surface area contributed by atoms with Crippen molar-refractivity contribution in [3.63, 3.8) is 0 Å². The molecule has 0 aliphatic heterocycles. The van der Waals surface area contributed by atoms with Gasteiger partial charge in [0.15, 0.2) is 0 Å². The standard InChI is InChI=1S/C14H15F2NO4/c15-14(16)21-11-3-1-2-8(7-11)12(18)17-10-5-4-9(6-10)13(19)20/h1-3,7,9-10,14H,4-6H2,(H,17,18)(H,19,20)/t9-,10+/m1/s1. The lowest BCUT2D eigenvalue weighted by Crippen LogP contribution is -2.33. The number of carboxylic acid groups (broad SMARTS) is 1. The van der Waals surface area contributed by atoms with Gasteiger partial charge in [-0.25, -0.2) is 0 Å². The molecule has 0 bridgehead atoms. The van der Waals surface area contributed by atoms with E-state index >= 15 is 0 Å². The van der Waals surface area contributed by atoms with Crippen LogP contribution in [0.15, 0.2) is 24.3 Å². The largest absolute Gasteiger partial charge is 0.481 e. The second kappa shape index (κ2) is 6.51. The Kier molecular flexibility index (Phi) is 4.72. The number of carbonyl (C=O) groups excluding carboxylic acids is 1. The zero-order valence-corrected chi connectivity index (χ0v) is 11.1. The summed E-state index contributed by atoms with van der Waals surface area (Å²) in [5, 5.41) is 11.6. The number of hydrogen-bond acceptors (Lipinski definition) is 3. The first kappa shape index (κ1) is 15.2. The maximum Gasteiger partial charge on any atom is 0.387 e. The molecule has 1 aliphatic carbocycles. The maximum atomic E-state index is 12.1. The lowest BCUT2D eigenvalue weighted by Gasteiger charge is -2.13. The van der Waals surface area contributed by atoms with Crippen molar-refractivity contribution in [1.82, 2.24) is 5.32 Å². The minimum Gasteiger partial charge on any atom is -0.481 e. The van der Waals surface area contributed by atoms with Crippen molar-refractivity contribution in [3.8, 4) is 5.75 Å². The van der Waals surface area contributed by atoms with E-state index in [0.29, 0.717) is 19.3 Å². The van der Waals surface area contributed by atoms with Crippen molar-refractivity contribution in [3.05, 3.63) is 29.8 Å². The Balaban J connectivity index is 1.96. The Labute approximate surface area is 119 Å². The van der Waals surface area contributed by atoms with Crippen molar-refractivity contribution in [1.29, 1.82) is 0 Å². The van der Waals surface area contributed by atoms with Crippen molar-refractivity contribution in [2.24, 2.45) is 5.92 Å². The fraction of sp³-hybridized carbons (Fsp3) is 0.429. The summed E-state index contributed by atoms with van der Waals surface area (Å²) in [5.74, 6) is -1.82. The summed E-state index contributed by atoms with van der Waals surface area (Å²) in [6.45, 7) is -2.95. The average Bonchev–Trinajstić information content (AvgIpc) is 2.87. The number of ether oxygens (including phenoxy) is 1. The van der Waals surface area contributed by atoms with Crippen molar-refractivity contribution in [2.75, 3.05) is 0 Å². The van der Waals surface area contributed by atoms with E-state index in [0.717, 1.165) is 0 Å². The number of alkyl halides is 2. The van der Waals surface area contributed by atoms with Gasteiger partial charge >= 0.3 is 12.6 Å². The average molecular weight is 299 g/mol. The molecule has 1 amide bonds. The highest BCUT2D eigenvalue weighted by atomic mass is 19.3. The first-order chi connectivity index (χ1) is 9.95. The third kappa shape index (κ3) is 4.14. The molecule has 0 spiro atoms. The number of amides is 1. The molecule has 2 rings (SSSR count). The van der Waals surface area contributed by atoms with Crippen molar-refractivity contribution in [2.45, 2.75) is 31.9 Å². The van der Waals surface area contributed by atoms with E-state index in [1.54, 1.807) is 0 Å². The van der Waals surface area contributed by atoms with E-state index in [4.69, 9.17) is 5.11 Å². The third-order valence-corrected chi connectivity index (χ3v) is 3.44. The predicted octanol–water partition coefficient (Wildman–Crippen LogP) is 2.27. The van der Waals surface area contributed by atoms with Gasteiger partial charge in [-0.2, -0.15) is 8.78 Å². The summed E-state index contributed by atoms with van der Waals surface area (Å²) >= 11 is 0. The van der Waals surface area contributed by atoms with E-state index in [1.165, 1.54) is 24.3 Å². The van der Waals surface area contributed by atoms with Crippen molar-refractivity contribution >= 4 is 11.9 Å². The molecular weight excluding hydrogens is 284 g/mol. The Hall–Kier alpha value is -2.18. The summed E-state index contributed by atoms with van der Waals surface area (Å²) in [4.78, 5) is 22.9. The predicted molar refractivity (Wildman–Crippen MR) is 69.3 cm³/mol. The number of rotatable bonds is 5. The van der Waals surface area contributed by atoms with Gasteiger partial charge in [-0.1, -0.05) is 6.07 Å². The summed E-state index contributed by atoms with van der Waals surface area (Å²) in [6.07, 6.45) is 1.50. The molecule has 1 saturated carbocycles. The quantitative estimate of drug-likeness (QED) is 0.874. The fourth-order valence-electron chi connectivity index (χ4n) is 2.42. The highest BCUT2D eigenvalue weighted by molar-refractivity contribution is 5.94. The highest BCUT2D eigenvalue weighted by Gasteiger charge is 2.30. The lowest BCUT2D eigenvalue weighted by molar-refractivity contribution is -0.141. The molecule has 1 aromatic carbocycles. The van der Waals surface area contributed by atoms with Crippen LogP contribution in [-0.4, -0.2) is 29.6 Å². The molecule has 2 N–H and O–H groups in total. The zero-order valence-electron chi connectivity index (χ0n) is 11.1. The molecule has 1 fully saturated rings. The van der Waals surface area contributed by atoms with E-state index in [2.05, 4.69) is 10.1 Å². The Morgan fingerprint density at radius 2 is 2.10 bits per heavy atom. The molecule has 5 nitrogen and oxygen atoms in total. The smallest absolute Gasteiger partial charge is 0.387 e. The van der Waals surface area contributed by atoms with Gasteiger partial charge in [0, 0.05) is 11.6 Å². The fourth-order valence-corrected chi connectivity index (χ4v) is 2.42. The van der Waals surface area contributed by atoms with Gasteiger partial charge in [-0.05, 0) is 37.5 Å². The number of nitrogens with one attached hydrogen (secondary N) is 1. The minimum absolute atomic E-state index is 0.0903. The van der Waals surface area contributed by atoms with Crippen LogP contribution in [0.2, 0.25) is 0 Å². The van der Waals surface area contributed by atoms with Gasteiger partial charge in [-0.3, -0.25) is 9.59 Å². The van der Waals surface area contributed by atoms with E-state index in [1.807, 2.05) is 0 Å². The topological polar surface area (TPSA) is 75.6 Å². The van der Waals surface area contributed by atoms with Gasteiger partial charge < -0.3 is 15.2 Å². The summed E-state index contributed by atoms with van der Waals surface area (Å²) in [7, 11) is 0. The van der Waals surface area contributed by atoms with Gasteiger partial charge in [0.2, 0.25) is 0 Å². The molecule has 7 heteroatoms. The SMILES string of the molecule is O=C(N[C@H]1CC[C@@H](C(=O)O)C1)c1cccc(OC(F)F)c1. The molecule has 0 unspecified atom stereocenters. The van der Waals surface area contributed by atoms with Gasteiger partial charge in [0.05, 0.1) is 5.92 Å². The number of carboxylic acids is 1. The molecule has 1 aromatic rings. The molecule has 21 heavy (non-hydrogen) atoms. The third-order valence-electron chi connectivity index (χ3n) is 3.44. The monoisotopic (exact) mass is 299 g/mol. The van der Waals surface area contributed by atoms with Crippen LogP contribution in [0.25, 0.3) is 0 Å². The molecule has 1 aliphatic rings.